The number of rotatable bonds is 10. The number of likely N-dealkylation sites (tertiary alicyclic amines) is 2. The van der Waals surface area contributed by atoms with E-state index in [-0.39, 0.29) is 35.7 Å². The van der Waals surface area contributed by atoms with Crippen molar-refractivity contribution in [3.8, 4) is 0 Å². The number of hydrogen-bond donors (Lipinski definition) is 5. The fraction of sp³-hybridized carbons (Fsp3) is 0.604. The third kappa shape index (κ3) is 7.74. The smallest absolute Gasteiger partial charge is 0.407 e. The molecule has 9 rings (SSSR count). The van der Waals surface area contributed by atoms with Crippen LogP contribution in [0, 0.1) is 29.6 Å². The molecule has 4 saturated heterocycles. The second kappa shape index (κ2) is 16.8. The lowest BCUT2D eigenvalue weighted by Crippen LogP contribution is -2.51. The molecule has 2 aromatic rings. The zero-order chi connectivity index (χ0) is 42.7. The lowest BCUT2D eigenvalue weighted by molar-refractivity contribution is -0.136. The van der Waals surface area contributed by atoms with Crippen LogP contribution in [0.1, 0.15) is 133 Å². The van der Waals surface area contributed by atoms with E-state index in [4.69, 9.17) is 20.4 Å². The molecule has 2 aromatic heterocycles. The first-order valence-corrected chi connectivity index (χ1v) is 23.0. The number of nitrogens with zero attached hydrogens (tertiary/aromatic N) is 4. The highest BCUT2D eigenvalue weighted by Crippen LogP contribution is 2.53. The predicted molar refractivity (Wildman–Crippen MR) is 235 cm³/mol. The minimum absolute atomic E-state index is 0.0226. The number of alkyl carbamates (subject to hydrolysis) is 1. The molecule has 13 nitrogen and oxygen atoms in total. The molecule has 61 heavy (non-hydrogen) atoms. The molecule has 4 aliphatic heterocycles. The highest BCUT2D eigenvalue weighted by molar-refractivity contribution is 5.86. The van der Waals surface area contributed by atoms with E-state index < -0.39 is 18.2 Å². The highest BCUT2D eigenvalue weighted by Gasteiger charge is 2.51. The maximum Gasteiger partial charge on any atom is 0.407 e. The molecule has 3 aliphatic carbocycles. The summed E-state index contributed by atoms with van der Waals surface area (Å²) in [6, 6.07) is -0.535. The van der Waals surface area contributed by atoms with Gasteiger partial charge in [-0.2, -0.15) is 0 Å². The number of H-pyrrole nitrogens is 2. The van der Waals surface area contributed by atoms with Gasteiger partial charge in [0.15, 0.2) is 0 Å². The van der Waals surface area contributed by atoms with Crippen molar-refractivity contribution >= 4 is 29.6 Å². The Balaban J connectivity index is 0.943. The van der Waals surface area contributed by atoms with Gasteiger partial charge < -0.3 is 40.9 Å². The number of nitrogens with two attached hydrogens (primary N) is 1. The second-order valence-corrected chi connectivity index (χ2v) is 19.5. The van der Waals surface area contributed by atoms with E-state index in [1.165, 1.54) is 41.4 Å². The number of carbonyl (C=O) groups is 3. The molecule has 4 fully saturated rings. The van der Waals surface area contributed by atoms with Crippen LogP contribution < -0.4 is 16.4 Å². The van der Waals surface area contributed by atoms with Gasteiger partial charge >= 0.3 is 6.09 Å². The summed E-state index contributed by atoms with van der Waals surface area (Å²) in [4.78, 5) is 60.4. The molecule has 326 valence electrons. The van der Waals surface area contributed by atoms with Crippen LogP contribution in [-0.4, -0.2) is 92.0 Å². The van der Waals surface area contributed by atoms with Gasteiger partial charge in [0.2, 0.25) is 11.8 Å². The molecular formula is C48H65N9O4. The summed E-state index contributed by atoms with van der Waals surface area (Å²) in [5, 5.41) is 6.82. The van der Waals surface area contributed by atoms with Gasteiger partial charge in [0.05, 0.1) is 42.8 Å². The van der Waals surface area contributed by atoms with Crippen molar-refractivity contribution in [2.24, 2.45) is 35.3 Å². The van der Waals surface area contributed by atoms with Crippen LogP contribution in [-0.2, 0) is 20.7 Å². The molecule has 3 amide bonds. The number of imidazole rings is 2. The van der Waals surface area contributed by atoms with Gasteiger partial charge in [-0.3, -0.25) is 9.59 Å². The number of fused-ring (bicyclic) bond motifs is 6. The van der Waals surface area contributed by atoms with Crippen LogP contribution in [0.2, 0.25) is 0 Å². The van der Waals surface area contributed by atoms with Crippen LogP contribution >= 0.6 is 0 Å². The van der Waals surface area contributed by atoms with Crippen molar-refractivity contribution in [2.75, 3.05) is 20.2 Å². The summed E-state index contributed by atoms with van der Waals surface area (Å²) in [6.07, 6.45) is 22.9. The summed E-state index contributed by atoms with van der Waals surface area (Å²) < 4.78 is 4.82. The number of aryl methyl sites for hydroxylation is 1. The third-order valence-electron chi connectivity index (χ3n) is 14.9. The Hall–Kier alpha value is -4.75. The number of methoxy groups -OCH3 is 1. The predicted octanol–water partition coefficient (Wildman–Crippen LogP) is 6.83. The number of piperidine rings is 1. The Labute approximate surface area is 360 Å². The molecule has 0 spiro atoms. The number of carbonyl (C=O) groups excluding carboxylic acids is 3. The number of nitrogens with one attached hydrogen (secondary N) is 4. The summed E-state index contributed by atoms with van der Waals surface area (Å²) in [6.45, 7) is 11.7. The SMILES string of the molecule is COC(=O)NC(C(=O)N1CCCC1c1nc2c([nH]1)CCC(C1=CC=C(C3=CC=C(c4cnc(C5CCCN5C(=O)C(N)C(C)C)[nH]4)C4C5CC(C)CC(N5)C34)CC1)=C2)C(C)C. The van der Waals surface area contributed by atoms with E-state index >= 15 is 0 Å². The quantitative estimate of drug-likeness (QED) is 0.173. The molecule has 7 aliphatic rings. The van der Waals surface area contributed by atoms with Crippen molar-refractivity contribution in [3.05, 3.63) is 81.5 Å². The van der Waals surface area contributed by atoms with Gasteiger partial charge in [0.25, 0.3) is 0 Å². The van der Waals surface area contributed by atoms with Gasteiger partial charge in [0.1, 0.15) is 17.7 Å². The molecule has 0 aromatic carbocycles. The van der Waals surface area contributed by atoms with E-state index in [1.807, 2.05) is 43.7 Å². The van der Waals surface area contributed by atoms with Crippen molar-refractivity contribution < 1.29 is 19.1 Å². The standard InChI is InChI=1S/C48H65N9O4/c1-25(2)42(49)46(58)56-19-7-9-38(56)44-50-24-37(54-44)32-17-16-31(40-35-21-27(5)22-36(51-35)41(32)40)29-13-11-28(12-14-29)30-15-18-33-34(23-30)53-45(52-33)39-10-8-20-57(39)47(59)43(26(3)4)55-48(60)61-6/h11,13,16-17,23-27,35-36,38-43,51H,7-10,12,14-15,18-22,49H2,1-6H3,(H,50,54)(H,52,53)(H,55,60). The van der Waals surface area contributed by atoms with Crippen molar-refractivity contribution in [3.63, 3.8) is 0 Å². The average Bonchev–Trinajstić information content (AvgIpc) is 4.11. The average molecular weight is 832 g/mol. The van der Waals surface area contributed by atoms with Crippen molar-refractivity contribution in [1.29, 1.82) is 0 Å². The molecule has 6 N–H and O–H groups in total. The Morgan fingerprint density at radius 3 is 2.11 bits per heavy atom. The number of ether oxygens (including phenoxy) is 1. The minimum Gasteiger partial charge on any atom is -0.453 e. The molecule has 9 atom stereocenters. The monoisotopic (exact) mass is 832 g/mol. The summed E-state index contributed by atoms with van der Waals surface area (Å²) in [5.74, 6) is 3.05. The van der Waals surface area contributed by atoms with Gasteiger partial charge in [-0.1, -0.05) is 58.9 Å². The van der Waals surface area contributed by atoms with Crippen LogP contribution in [0.25, 0.3) is 11.6 Å². The lowest BCUT2D eigenvalue weighted by atomic mass is 9.70. The molecular weight excluding hydrogens is 767 g/mol. The van der Waals surface area contributed by atoms with E-state index in [1.54, 1.807) is 0 Å². The van der Waals surface area contributed by atoms with Crippen LogP contribution in [0.5, 0.6) is 0 Å². The molecule has 0 radical (unpaired) electrons. The fourth-order valence-corrected chi connectivity index (χ4v) is 11.6. The normalized spacial score (nSPS) is 29.3. The molecule has 9 unspecified atom stereocenters. The van der Waals surface area contributed by atoms with Crippen LogP contribution in [0.3, 0.4) is 0 Å². The number of aromatic nitrogens is 4. The minimum atomic E-state index is -0.659. The molecule has 0 saturated carbocycles. The summed E-state index contributed by atoms with van der Waals surface area (Å²) in [7, 11) is 1.32. The summed E-state index contributed by atoms with van der Waals surface area (Å²) in [5.41, 5.74) is 16.5. The number of allylic oxidation sites excluding steroid dienone is 7. The van der Waals surface area contributed by atoms with Crippen LogP contribution in [0.4, 0.5) is 4.79 Å². The zero-order valence-electron chi connectivity index (χ0n) is 36.8. The lowest BCUT2D eigenvalue weighted by Gasteiger charge is -2.33. The van der Waals surface area contributed by atoms with E-state index in [2.05, 4.69) is 57.9 Å². The van der Waals surface area contributed by atoms with Crippen LogP contribution in [0.15, 0.2) is 52.8 Å². The number of amides is 3. The topological polar surface area (TPSA) is 174 Å². The van der Waals surface area contributed by atoms with Gasteiger partial charge in [0, 0.05) is 42.7 Å². The number of hydrogen-bond acceptors (Lipinski definition) is 8. The Bertz CT molecular complexity index is 2210. The molecule has 6 heterocycles. The van der Waals surface area contributed by atoms with E-state index in [9.17, 15) is 14.4 Å². The highest BCUT2D eigenvalue weighted by atomic mass is 16.5. The molecule has 13 heteroatoms. The second-order valence-electron chi connectivity index (χ2n) is 19.5. The maximum atomic E-state index is 13.7. The van der Waals surface area contributed by atoms with Crippen molar-refractivity contribution in [1.82, 2.24) is 40.4 Å². The third-order valence-corrected chi connectivity index (χ3v) is 14.9. The fourth-order valence-electron chi connectivity index (χ4n) is 11.6. The van der Waals surface area contributed by atoms with Gasteiger partial charge in [-0.25, -0.2) is 14.8 Å². The van der Waals surface area contributed by atoms with E-state index in [0.717, 1.165) is 93.1 Å². The maximum absolute atomic E-state index is 13.7. The Morgan fingerprint density at radius 2 is 1.44 bits per heavy atom. The molecule has 2 bridgehead atoms. The first kappa shape index (κ1) is 41.6. The van der Waals surface area contributed by atoms with Crippen molar-refractivity contribution in [2.45, 2.75) is 135 Å². The largest absolute Gasteiger partial charge is 0.453 e. The first-order valence-electron chi connectivity index (χ1n) is 23.0. The first-order chi connectivity index (χ1) is 29.4. The van der Waals surface area contributed by atoms with E-state index in [0.29, 0.717) is 36.4 Å². The summed E-state index contributed by atoms with van der Waals surface area (Å²) >= 11 is 0. The zero-order valence-corrected chi connectivity index (χ0v) is 36.8. The Morgan fingerprint density at radius 1 is 0.803 bits per heavy atom. The number of aromatic amines is 2. The van der Waals surface area contributed by atoms with Gasteiger partial charge in [-0.15, -0.1) is 0 Å². The van der Waals surface area contributed by atoms with Gasteiger partial charge in [-0.05, 0) is 116 Å². The Kier molecular flexibility index (Phi) is 11.5.